The Morgan fingerprint density at radius 2 is 2.29 bits per heavy atom. The quantitative estimate of drug-likeness (QED) is 0.777. The summed E-state index contributed by atoms with van der Waals surface area (Å²) in [6.07, 6.45) is 1.70. The number of aromatic nitrogens is 1. The Morgan fingerprint density at radius 3 is 2.86 bits per heavy atom. The Kier molecular flexibility index (Phi) is 4.17. The van der Waals surface area contributed by atoms with Gasteiger partial charge in [-0.05, 0) is 33.2 Å². The average molecular weight is 214 g/mol. The van der Waals surface area contributed by atoms with E-state index in [1.54, 1.807) is 6.20 Å². The number of pyridine rings is 1. The highest BCUT2D eigenvalue weighted by Gasteiger charge is 2.03. The van der Waals surface area contributed by atoms with Crippen LogP contribution in [0.2, 0.25) is 5.15 Å². The lowest BCUT2D eigenvalue weighted by Gasteiger charge is -2.20. The molecule has 0 fully saturated rings. The van der Waals surface area contributed by atoms with Crippen LogP contribution < -0.4 is 5.32 Å². The summed E-state index contributed by atoms with van der Waals surface area (Å²) in [7, 11) is 4.12. The molecule has 0 saturated carbocycles. The van der Waals surface area contributed by atoms with E-state index in [4.69, 9.17) is 11.6 Å². The first-order valence-corrected chi connectivity index (χ1v) is 4.99. The molecule has 1 aromatic rings. The van der Waals surface area contributed by atoms with Crippen molar-refractivity contribution >= 4 is 17.3 Å². The molecule has 78 valence electrons. The second-order valence-corrected chi connectivity index (χ2v) is 3.95. The maximum absolute atomic E-state index is 5.76. The standard InChI is InChI=1S/C10H16ClN3/c1-8(14(2)3)7-13-9-4-5-12-10(11)6-9/h4-6,8H,7H2,1-3H3,(H,12,13). The van der Waals surface area contributed by atoms with Crippen molar-refractivity contribution in [3.63, 3.8) is 0 Å². The predicted octanol–water partition coefficient (Wildman–Crippen LogP) is 2.10. The minimum absolute atomic E-state index is 0.488. The van der Waals surface area contributed by atoms with Crippen molar-refractivity contribution in [2.45, 2.75) is 13.0 Å². The van der Waals surface area contributed by atoms with Gasteiger partial charge in [-0.25, -0.2) is 4.98 Å². The van der Waals surface area contributed by atoms with Crippen LogP contribution in [0.1, 0.15) is 6.92 Å². The predicted molar refractivity (Wildman–Crippen MR) is 60.9 cm³/mol. The maximum atomic E-state index is 5.76. The summed E-state index contributed by atoms with van der Waals surface area (Å²) in [6.45, 7) is 3.06. The Morgan fingerprint density at radius 1 is 1.57 bits per heavy atom. The highest BCUT2D eigenvalue weighted by molar-refractivity contribution is 6.29. The van der Waals surface area contributed by atoms with Crippen LogP contribution in [0.5, 0.6) is 0 Å². The van der Waals surface area contributed by atoms with Gasteiger partial charge in [0.25, 0.3) is 0 Å². The lowest BCUT2D eigenvalue weighted by atomic mass is 10.3. The van der Waals surface area contributed by atoms with Crippen LogP contribution in [0.3, 0.4) is 0 Å². The van der Waals surface area contributed by atoms with Crippen molar-refractivity contribution in [2.75, 3.05) is 26.0 Å². The number of rotatable bonds is 4. The molecular weight excluding hydrogens is 198 g/mol. The molecule has 0 spiro atoms. The third kappa shape index (κ3) is 3.52. The first-order chi connectivity index (χ1) is 6.59. The summed E-state index contributed by atoms with van der Waals surface area (Å²) < 4.78 is 0. The average Bonchev–Trinajstić information content (AvgIpc) is 2.14. The molecule has 0 aliphatic rings. The van der Waals surface area contributed by atoms with E-state index in [2.05, 4.69) is 36.2 Å². The van der Waals surface area contributed by atoms with Crippen LogP contribution in [0, 0.1) is 0 Å². The lowest BCUT2D eigenvalue weighted by molar-refractivity contribution is 0.326. The second kappa shape index (κ2) is 5.17. The van der Waals surface area contributed by atoms with Gasteiger partial charge in [-0.15, -0.1) is 0 Å². The van der Waals surface area contributed by atoms with Gasteiger partial charge in [0.2, 0.25) is 0 Å². The lowest BCUT2D eigenvalue weighted by Crippen LogP contribution is -2.31. The summed E-state index contributed by atoms with van der Waals surface area (Å²) in [6, 6.07) is 4.22. The van der Waals surface area contributed by atoms with E-state index < -0.39 is 0 Å². The van der Waals surface area contributed by atoms with Gasteiger partial charge in [0, 0.05) is 24.5 Å². The van der Waals surface area contributed by atoms with Gasteiger partial charge in [0.1, 0.15) is 5.15 Å². The molecule has 14 heavy (non-hydrogen) atoms. The first-order valence-electron chi connectivity index (χ1n) is 4.61. The van der Waals surface area contributed by atoms with E-state index in [-0.39, 0.29) is 0 Å². The minimum atomic E-state index is 0.488. The molecular formula is C10H16ClN3. The molecule has 0 saturated heterocycles. The van der Waals surface area contributed by atoms with Crippen LogP contribution in [-0.2, 0) is 0 Å². The maximum Gasteiger partial charge on any atom is 0.131 e. The summed E-state index contributed by atoms with van der Waals surface area (Å²) in [5, 5.41) is 3.82. The van der Waals surface area contributed by atoms with E-state index in [1.165, 1.54) is 0 Å². The molecule has 1 atom stereocenters. The molecule has 0 bridgehead atoms. The van der Waals surface area contributed by atoms with Crippen molar-refractivity contribution in [2.24, 2.45) is 0 Å². The van der Waals surface area contributed by atoms with Gasteiger partial charge in [-0.3, -0.25) is 0 Å². The van der Waals surface area contributed by atoms with E-state index in [9.17, 15) is 0 Å². The molecule has 1 heterocycles. The largest absolute Gasteiger partial charge is 0.383 e. The topological polar surface area (TPSA) is 28.2 Å². The number of nitrogens with zero attached hydrogens (tertiary/aromatic N) is 2. The molecule has 4 heteroatoms. The van der Waals surface area contributed by atoms with Gasteiger partial charge < -0.3 is 10.2 Å². The minimum Gasteiger partial charge on any atom is -0.383 e. The van der Waals surface area contributed by atoms with E-state index in [1.807, 2.05) is 12.1 Å². The van der Waals surface area contributed by atoms with E-state index in [0.29, 0.717) is 11.2 Å². The van der Waals surface area contributed by atoms with Crippen LogP contribution in [0.4, 0.5) is 5.69 Å². The Hall–Kier alpha value is -0.800. The van der Waals surface area contributed by atoms with Crippen molar-refractivity contribution in [1.82, 2.24) is 9.88 Å². The summed E-state index contributed by atoms with van der Waals surface area (Å²) >= 11 is 5.76. The van der Waals surface area contributed by atoms with Gasteiger partial charge in [0.05, 0.1) is 0 Å². The summed E-state index contributed by atoms with van der Waals surface area (Å²) in [5.41, 5.74) is 1.01. The number of hydrogen-bond donors (Lipinski definition) is 1. The molecule has 1 unspecified atom stereocenters. The van der Waals surface area contributed by atoms with Crippen molar-refractivity contribution in [1.29, 1.82) is 0 Å². The molecule has 3 nitrogen and oxygen atoms in total. The summed E-state index contributed by atoms with van der Waals surface area (Å²) in [5.74, 6) is 0. The molecule has 1 rings (SSSR count). The normalized spacial score (nSPS) is 12.9. The first kappa shape index (κ1) is 11.3. The highest BCUT2D eigenvalue weighted by atomic mass is 35.5. The van der Waals surface area contributed by atoms with Crippen molar-refractivity contribution < 1.29 is 0 Å². The molecule has 0 aliphatic heterocycles. The van der Waals surface area contributed by atoms with Crippen LogP contribution in [0.25, 0.3) is 0 Å². The molecule has 1 aromatic heterocycles. The van der Waals surface area contributed by atoms with Crippen molar-refractivity contribution in [3.05, 3.63) is 23.5 Å². The number of anilines is 1. The fourth-order valence-corrected chi connectivity index (χ4v) is 1.13. The van der Waals surface area contributed by atoms with Gasteiger partial charge in [0.15, 0.2) is 0 Å². The zero-order chi connectivity index (χ0) is 10.6. The van der Waals surface area contributed by atoms with Crippen LogP contribution >= 0.6 is 11.6 Å². The third-order valence-corrected chi connectivity index (χ3v) is 2.42. The highest BCUT2D eigenvalue weighted by Crippen LogP contribution is 2.11. The van der Waals surface area contributed by atoms with Crippen molar-refractivity contribution in [3.8, 4) is 0 Å². The molecule has 0 aliphatic carbocycles. The zero-order valence-corrected chi connectivity index (χ0v) is 9.54. The van der Waals surface area contributed by atoms with E-state index >= 15 is 0 Å². The fourth-order valence-electron chi connectivity index (χ4n) is 0.961. The van der Waals surface area contributed by atoms with E-state index in [0.717, 1.165) is 12.2 Å². The van der Waals surface area contributed by atoms with Gasteiger partial charge >= 0.3 is 0 Å². The number of nitrogens with one attached hydrogen (secondary N) is 1. The van der Waals surface area contributed by atoms with Gasteiger partial charge in [-0.2, -0.15) is 0 Å². The summed E-state index contributed by atoms with van der Waals surface area (Å²) in [4.78, 5) is 6.08. The smallest absolute Gasteiger partial charge is 0.131 e. The second-order valence-electron chi connectivity index (χ2n) is 3.56. The van der Waals surface area contributed by atoms with Crippen LogP contribution in [0.15, 0.2) is 18.3 Å². The monoisotopic (exact) mass is 213 g/mol. The molecule has 0 radical (unpaired) electrons. The molecule has 1 N–H and O–H groups in total. The van der Waals surface area contributed by atoms with Gasteiger partial charge in [-0.1, -0.05) is 11.6 Å². The Labute approximate surface area is 90.1 Å². The van der Waals surface area contributed by atoms with Crippen LogP contribution in [-0.4, -0.2) is 36.6 Å². The Bertz CT molecular complexity index is 288. The Balaban J connectivity index is 2.45. The number of hydrogen-bond acceptors (Lipinski definition) is 3. The number of halogens is 1. The number of likely N-dealkylation sites (N-methyl/N-ethyl adjacent to an activating group) is 1. The molecule has 0 aromatic carbocycles. The fraction of sp³-hybridized carbons (Fsp3) is 0.500. The molecule has 0 amide bonds. The third-order valence-electron chi connectivity index (χ3n) is 2.21. The SMILES string of the molecule is CC(CNc1ccnc(Cl)c1)N(C)C. The zero-order valence-electron chi connectivity index (χ0n) is 8.79.